The molecule has 1 saturated heterocycles. The van der Waals surface area contributed by atoms with Crippen LogP contribution in [-0.2, 0) is 10.3 Å². The van der Waals surface area contributed by atoms with Crippen molar-refractivity contribution in [3.8, 4) is 0 Å². The number of piperidine rings is 1. The number of nitrogens with one attached hydrogen (secondary N) is 1. The van der Waals surface area contributed by atoms with Crippen molar-refractivity contribution >= 4 is 5.97 Å². The molecule has 92 valence electrons. The van der Waals surface area contributed by atoms with Gasteiger partial charge in [0.1, 0.15) is 5.60 Å². The second-order valence-corrected chi connectivity index (χ2v) is 4.18. The highest BCUT2D eigenvalue weighted by Crippen LogP contribution is 2.42. The maximum atomic E-state index is 11.7. The summed E-state index contributed by atoms with van der Waals surface area (Å²) >= 11 is 0. The fourth-order valence-electron chi connectivity index (χ4n) is 2.55. The predicted molar refractivity (Wildman–Crippen MR) is 67.0 cm³/mol. The van der Waals surface area contributed by atoms with E-state index in [1.165, 1.54) is 0 Å². The molecule has 0 saturated carbocycles. The zero-order valence-electron chi connectivity index (χ0n) is 10.5. The fourth-order valence-corrected chi connectivity index (χ4v) is 2.55. The quantitative estimate of drug-likeness (QED) is 0.699. The largest absolute Gasteiger partial charge is 0.450 e. The van der Waals surface area contributed by atoms with Crippen LogP contribution in [0.3, 0.4) is 0 Å². The molecule has 0 aromatic heterocycles. The van der Waals surface area contributed by atoms with E-state index in [-0.39, 0.29) is 11.6 Å². The lowest BCUT2D eigenvalue weighted by atomic mass is 9.84. The lowest BCUT2D eigenvalue weighted by Gasteiger charge is -2.33. The molecule has 3 rings (SSSR count). The Labute approximate surface area is 102 Å². The van der Waals surface area contributed by atoms with Crippen molar-refractivity contribution in [2.45, 2.75) is 32.3 Å². The van der Waals surface area contributed by atoms with Gasteiger partial charge in [-0.3, -0.25) is 0 Å². The number of esters is 1. The Balaban J connectivity index is 0.000000514. The predicted octanol–water partition coefficient (Wildman–Crippen LogP) is 2.46. The second-order valence-electron chi connectivity index (χ2n) is 4.18. The number of benzene rings is 1. The molecular weight excluding hydrogens is 214 g/mol. The summed E-state index contributed by atoms with van der Waals surface area (Å²) in [5.41, 5.74) is 1.50. The highest BCUT2D eigenvalue weighted by atomic mass is 16.6. The van der Waals surface area contributed by atoms with Gasteiger partial charge in [0.05, 0.1) is 5.56 Å². The molecule has 1 spiro atoms. The molecule has 0 atom stereocenters. The normalized spacial score (nSPS) is 20.2. The minimum Gasteiger partial charge on any atom is -0.450 e. The molecule has 1 aromatic carbocycles. The number of fused-ring (bicyclic) bond motifs is 2. The van der Waals surface area contributed by atoms with Gasteiger partial charge in [-0.2, -0.15) is 0 Å². The van der Waals surface area contributed by atoms with Crippen LogP contribution >= 0.6 is 0 Å². The summed E-state index contributed by atoms with van der Waals surface area (Å²) in [7, 11) is 0. The van der Waals surface area contributed by atoms with Crippen LogP contribution in [0.25, 0.3) is 0 Å². The third kappa shape index (κ3) is 1.95. The van der Waals surface area contributed by atoms with Crippen molar-refractivity contribution in [2.75, 3.05) is 13.1 Å². The maximum Gasteiger partial charge on any atom is 0.339 e. The Morgan fingerprint density at radius 1 is 1.18 bits per heavy atom. The van der Waals surface area contributed by atoms with Gasteiger partial charge in [0.2, 0.25) is 0 Å². The van der Waals surface area contributed by atoms with Crippen LogP contribution in [0.4, 0.5) is 0 Å². The number of carbonyl (C=O) groups is 1. The van der Waals surface area contributed by atoms with Crippen LogP contribution in [0.15, 0.2) is 24.3 Å². The summed E-state index contributed by atoms with van der Waals surface area (Å²) in [6.45, 7) is 5.84. The van der Waals surface area contributed by atoms with Crippen LogP contribution in [0, 0.1) is 0 Å². The Hall–Kier alpha value is -1.35. The first kappa shape index (κ1) is 12.1. The molecule has 1 fully saturated rings. The first-order valence-corrected chi connectivity index (χ1v) is 6.35. The number of carbonyl (C=O) groups excluding carboxylic acids is 1. The van der Waals surface area contributed by atoms with E-state index in [9.17, 15) is 4.79 Å². The highest BCUT2D eigenvalue weighted by Gasteiger charge is 2.45. The molecule has 0 amide bonds. The zero-order chi connectivity index (χ0) is 12.3. The van der Waals surface area contributed by atoms with Gasteiger partial charge in [-0.05, 0) is 19.2 Å². The smallest absolute Gasteiger partial charge is 0.339 e. The van der Waals surface area contributed by atoms with Crippen LogP contribution in [0.1, 0.15) is 42.6 Å². The third-order valence-electron chi connectivity index (χ3n) is 3.34. The molecule has 0 bridgehead atoms. The number of rotatable bonds is 0. The van der Waals surface area contributed by atoms with Crippen molar-refractivity contribution in [3.63, 3.8) is 0 Å². The van der Waals surface area contributed by atoms with E-state index in [0.717, 1.165) is 37.1 Å². The second kappa shape index (κ2) is 4.88. The molecule has 3 heteroatoms. The van der Waals surface area contributed by atoms with Crippen LogP contribution in [0.2, 0.25) is 0 Å². The van der Waals surface area contributed by atoms with Crippen LogP contribution < -0.4 is 5.32 Å². The van der Waals surface area contributed by atoms with E-state index in [0.29, 0.717) is 0 Å². The lowest BCUT2D eigenvalue weighted by molar-refractivity contribution is -0.0241. The number of ether oxygens (including phenoxy) is 1. The summed E-state index contributed by atoms with van der Waals surface area (Å²) in [6, 6.07) is 7.74. The maximum absolute atomic E-state index is 11.7. The van der Waals surface area contributed by atoms with Gasteiger partial charge in [0.25, 0.3) is 0 Å². The summed E-state index contributed by atoms with van der Waals surface area (Å²) in [5.74, 6) is -0.160. The van der Waals surface area contributed by atoms with Gasteiger partial charge < -0.3 is 10.1 Å². The van der Waals surface area contributed by atoms with E-state index in [1.807, 2.05) is 38.1 Å². The molecule has 2 heterocycles. The monoisotopic (exact) mass is 233 g/mol. The Morgan fingerprint density at radius 3 is 2.53 bits per heavy atom. The molecule has 0 unspecified atom stereocenters. The summed E-state index contributed by atoms with van der Waals surface area (Å²) < 4.78 is 5.58. The zero-order valence-corrected chi connectivity index (χ0v) is 10.5. The van der Waals surface area contributed by atoms with Crippen LogP contribution in [-0.4, -0.2) is 19.1 Å². The molecule has 1 N–H and O–H groups in total. The Kier molecular flexibility index (Phi) is 3.48. The van der Waals surface area contributed by atoms with E-state index < -0.39 is 0 Å². The van der Waals surface area contributed by atoms with Crippen molar-refractivity contribution in [2.24, 2.45) is 0 Å². The van der Waals surface area contributed by atoms with Crippen LogP contribution in [0.5, 0.6) is 0 Å². The van der Waals surface area contributed by atoms with Gasteiger partial charge in [0, 0.05) is 18.4 Å². The van der Waals surface area contributed by atoms with Gasteiger partial charge in [-0.25, -0.2) is 4.79 Å². The molecule has 17 heavy (non-hydrogen) atoms. The van der Waals surface area contributed by atoms with Gasteiger partial charge in [-0.15, -0.1) is 0 Å². The number of hydrogen-bond donors (Lipinski definition) is 1. The average Bonchev–Trinajstić information content (AvgIpc) is 2.67. The van der Waals surface area contributed by atoms with Crippen molar-refractivity contribution in [1.82, 2.24) is 5.32 Å². The summed E-state index contributed by atoms with van der Waals surface area (Å²) in [4.78, 5) is 11.7. The molecule has 0 radical (unpaired) electrons. The standard InChI is InChI=1S/C12H13NO2.C2H6/c14-11-9-3-1-2-4-10(9)12(15-11)5-7-13-8-6-12;1-2/h1-4,13H,5-8H2;1-2H3. The first-order chi connectivity index (χ1) is 8.32. The van der Waals surface area contributed by atoms with Crippen molar-refractivity contribution in [1.29, 1.82) is 0 Å². The van der Waals surface area contributed by atoms with E-state index in [4.69, 9.17) is 4.74 Å². The van der Waals surface area contributed by atoms with Gasteiger partial charge in [-0.1, -0.05) is 32.0 Å². The highest BCUT2D eigenvalue weighted by molar-refractivity contribution is 5.94. The van der Waals surface area contributed by atoms with E-state index in [2.05, 4.69) is 5.32 Å². The minimum absolute atomic E-state index is 0.160. The first-order valence-electron chi connectivity index (χ1n) is 6.35. The van der Waals surface area contributed by atoms with E-state index in [1.54, 1.807) is 0 Å². The molecule has 2 aliphatic heterocycles. The van der Waals surface area contributed by atoms with Crippen molar-refractivity contribution < 1.29 is 9.53 Å². The molecule has 0 aliphatic carbocycles. The summed E-state index contributed by atoms with van der Waals surface area (Å²) in [6.07, 6.45) is 1.77. The minimum atomic E-state index is -0.334. The van der Waals surface area contributed by atoms with Gasteiger partial charge >= 0.3 is 5.97 Å². The molecule has 2 aliphatic rings. The van der Waals surface area contributed by atoms with Gasteiger partial charge in [0.15, 0.2) is 0 Å². The summed E-state index contributed by atoms with van der Waals surface area (Å²) in [5, 5.41) is 3.29. The Morgan fingerprint density at radius 2 is 1.82 bits per heavy atom. The molecule has 3 nitrogen and oxygen atoms in total. The lowest BCUT2D eigenvalue weighted by Crippen LogP contribution is -2.39. The average molecular weight is 233 g/mol. The van der Waals surface area contributed by atoms with E-state index >= 15 is 0 Å². The SMILES string of the molecule is CC.O=C1OC2(CCNCC2)c2ccccc21. The van der Waals surface area contributed by atoms with Crippen molar-refractivity contribution in [3.05, 3.63) is 35.4 Å². The Bertz CT molecular complexity index is 408. The fraction of sp³-hybridized carbons (Fsp3) is 0.500. The third-order valence-corrected chi connectivity index (χ3v) is 3.34. The molecular formula is C14H19NO2. The molecule has 1 aromatic rings. The topological polar surface area (TPSA) is 38.3 Å². The number of hydrogen-bond acceptors (Lipinski definition) is 3.